The van der Waals surface area contributed by atoms with Gasteiger partial charge < -0.3 is 4.90 Å². The summed E-state index contributed by atoms with van der Waals surface area (Å²) in [6.45, 7) is 4.05. The number of nitrogens with zero attached hydrogens (tertiary/aromatic N) is 4. The Hall–Kier alpha value is -3.03. The molecule has 1 fully saturated rings. The molecule has 0 amide bonds. The Morgan fingerprint density at radius 3 is 2.17 bits per heavy atom. The second kappa shape index (κ2) is 8.77. The Bertz CT molecular complexity index is 1100. The van der Waals surface area contributed by atoms with Crippen LogP contribution in [0.1, 0.15) is 11.1 Å². The second-order valence-electron chi connectivity index (χ2n) is 7.29. The summed E-state index contributed by atoms with van der Waals surface area (Å²) < 4.78 is 26.8. The van der Waals surface area contributed by atoms with Crippen molar-refractivity contribution in [3.05, 3.63) is 83.3 Å². The largest absolute Gasteiger partial charge is 0.352 e. The minimum atomic E-state index is -3.44. The highest BCUT2D eigenvalue weighted by molar-refractivity contribution is 7.92. The lowest BCUT2D eigenvalue weighted by molar-refractivity contribution is 0.388. The molecule has 4 rings (SSSR count). The summed E-state index contributed by atoms with van der Waals surface area (Å²) in [6, 6.07) is 21.5. The molecule has 0 bridgehead atoms. The van der Waals surface area contributed by atoms with Gasteiger partial charge in [0.2, 0.25) is 10.0 Å². The zero-order chi connectivity index (χ0) is 21.0. The van der Waals surface area contributed by atoms with Crippen LogP contribution in [0.25, 0.3) is 17.3 Å². The smallest absolute Gasteiger partial charge is 0.236 e. The van der Waals surface area contributed by atoms with Crippen LogP contribution in [0.15, 0.2) is 72.1 Å². The first-order valence-electron chi connectivity index (χ1n) is 9.90. The molecule has 3 aromatic rings. The minimum Gasteiger partial charge on any atom is -0.352 e. The van der Waals surface area contributed by atoms with E-state index in [0.29, 0.717) is 26.2 Å². The highest BCUT2D eigenvalue weighted by atomic mass is 32.2. The maximum absolute atomic E-state index is 12.6. The van der Waals surface area contributed by atoms with E-state index in [1.807, 2.05) is 54.6 Å². The number of hydrogen-bond donors (Lipinski definition) is 0. The number of hydrogen-bond acceptors (Lipinski definition) is 5. The average molecular weight is 421 g/mol. The van der Waals surface area contributed by atoms with Crippen molar-refractivity contribution in [1.82, 2.24) is 14.5 Å². The van der Waals surface area contributed by atoms with E-state index >= 15 is 0 Å². The highest BCUT2D eigenvalue weighted by Gasteiger charge is 2.25. The van der Waals surface area contributed by atoms with Crippen LogP contribution in [0.5, 0.6) is 0 Å². The molecule has 0 saturated carbocycles. The molecule has 6 nitrogen and oxygen atoms in total. The third-order valence-corrected chi connectivity index (χ3v) is 6.72. The molecule has 0 N–H and O–H groups in total. The van der Waals surface area contributed by atoms with Gasteiger partial charge in [0.1, 0.15) is 0 Å². The first-order valence-corrected chi connectivity index (χ1v) is 11.4. The molecule has 1 aromatic heterocycles. The standard InChI is InChI=1S/C23H24N4O2S/c1-19-7-9-21(10-8-19)22-11-12-23(25-24-22)26-14-16-27(17-15-26)30(28,29)18-13-20-5-3-2-4-6-20/h2-13,18H,14-17H2,1H3/b18-13-. The van der Waals surface area contributed by atoms with E-state index < -0.39 is 10.0 Å². The molecule has 1 saturated heterocycles. The van der Waals surface area contributed by atoms with E-state index in [4.69, 9.17) is 0 Å². The van der Waals surface area contributed by atoms with Crippen molar-refractivity contribution >= 4 is 21.9 Å². The monoisotopic (exact) mass is 420 g/mol. The van der Waals surface area contributed by atoms with Crippen molar-refractivity contribution in [2.24, 2.45) is 0 Å². The van der Waals surface area contributed by atoms with E-state index in [0.717, 1.165) is 22.6 Å². The molecule has 0 spiro atoms. The molecular formula is C23H24N4O2S. The summed E-state index contributed by atoms with van der Waals surface area (Å²) in [5, 5.41) is 9.99. The van der Waals surface area contributed by atoms with Crippen LogP contribution in [-0.4, -0.2) is 49.1 Å². The lowest BCUT2D eigenvalue weighted by Crippen LogP contribution is -2.48. The molecule has 2 heterocycles. The summed E-state index contributed by atoms with van der Waals surface area (Å²) >= 11 is 0. The number of aromatic nitrogens is 2. The highest BCUT2D eigenvalue weighted by Crippen LogP contribution is 2.20. The minimum absolute atomic E-state index is 0.420. The van der Waals surface area contributed by atoms with Gasteiger partial charge in [0.15, 0.2) is 5.82 Å². The van der Waals surface area contributed by atoms with E-state index in [1.165, 1.54) is 15.3 Å². The van der Waals surface area contributed by atoms with Crippen LogP contribution in [-0.2, 0) is 10.0 Å². The number of sulfonamides is 1. The van der Waals surface area contributed by atoms with Gasteiger partial charge in [-0.15, -0.1) is 10.2 Å². The van der Waals surface area contributed by atoms with Crippen molar-refractivity contribution in [1.29, 1.82) is 0 Å². The molecule has 0 radical (unpaired) electrons. The lowest BCUT2D eigenvalue weighted by Gasteiger charge is -2.33. The summed E-state index contributed by atoms with van der Waals surface area (Å²) in [5.41, 5.74) is 3.92. The molecule has 7 heteroatoms. The van der Waals surface area contributed by atoms with E-state index in [-0.39, 0.29) is 0 Å². The number of rotatable bonds is 5. The number of aryl methyl sites for hydroxylation is 1. The third kappa shape index (κ3) is 4.75. The number of benzene rings is 2. The van der Waals surface area contributed by atoms with Gasteiger partial charge in [-0.25, -0.2) is 8.42 Å². The molecular weight excluding hydrogens is 396 g/mol. The van der Waals surface area contributed by atoms with Gasteiger partial charge in [-0.2, -0.15) is 4.31 Å². The Kier molecular flexibility index (Phi) is 5.92. The van der Waals surface area contributed by atoms with Gasteiger partial charge in [-0.05, 0) is 30.7 Å². The number of piperazine rings is 1. The topological polar surface area (TPSA) is 66.4 Å². The fourth-order valence-corrected chi connectivity index (χ4v) is 4.53. The van der Waals surface area contributed by atoms with Gasteiger partial charge in [-0.3, -0.25) is 0 Å². The van der Waals surface area contributed by atoms with Crippen molar-refractivity contribution < 1.29 is 8.42 Å². The lowest BCUT2D eigenvalue weighted by atomic mass is 10.1. The zero-order valence-corrected chi connectivity index (χ0v) is 17.7. The maximum Gasteiger partial charge on any atom is 0.236 e. The third-order valence-electron chi connectivity index (χ3n) is 5.15. The Balaban J connectivity index is 1.38. The Morgan fingerprint density at radius 1 is 0.833 bits per heavy atom. The summed E-state index contributed by atoms with van der Waals surface area (Å²) in [5.74, 6) is 0.766. The van der Waals surface area contributed by atoms with Crippen molar-refractivity contribution in [3.63, 3.8) is 0 Å². The fraction of sp³-hybridized carbons (Fsp3) is 0.217. The summed E-state index contributed by atoms with van der Waals surface area (Å²) in [7, 11) is -3.44. The predicted octanol–water partition coefficient (Wildman–Crippen LogP) is 3.57. The molecule has 0 unspecified atom stereocenters. The quantitative estimate of drug-likeness (QED) is 0.631. The molecule has 0 atom stereocenters. The predicted molar refractivity (Wildman–Crippen MR) is 120 cm³/mol. The van der Waals surface area contributed by atoms with Crippen LogP contribution >= 0.6 is 0 Å². The Labute approximate surface area is 177 Å². The van der Waals surface area contributed by atoms with E-state index in [9.17, 15) is 8.42 Å². The molecule has 0 aliphatic carbocycles. The number of anilines is 1. The fourth-order valence-electron chi connectivity index (χ4n) is 3.36. The zero-order valence-electron chi connectivity index (χ0n) is 16.8. The van der Waals surface area contributed by atoms with Crippen LogP contribution in [0, 0.1) is 6.92 Å². The van der Waals surface area contributed by atoms with E-state index in [1.54, 1.807) is 6.08 Å². The summed E-state index contributed by atoms with van der Waals surface area (Å²) in [4.78, 5) is 2.07. The van der Waals surface area contributed by atoms with Crippen LogP contribution in [0.4, 0.5) is 5.82 Å². The molecule has 1 aliphatic heterocycles. The average Bonchev–Trinajstić information content (AvgIpc) is 2.79. The van der Waals surface area contributed by atoms with Gasteiger partial charge >= 0.3 is 0 Å². The van der Waals surface area contributed by atoms with Crippen LogP contribution < -0.4 is 4.90 Å². The first kappa shape index (κ1) is 20.3. The first-order chi connectivity index (χ1) is 14.5. The molecule has 1 aliphatic rings. The second-order valence-corrected chi connectivity index (χ2v) is 9.11. The van der Waals surface area contributed by atoms with Crippen molar-refractivity contribution in [3.8, 4) is 11.3 Å². The van der Waals surface area contributed by atoms with Crippen LogP contribution in [0.3, 0.4) is 0 Å². The van der Waals surface area contributed by atoms with Gasteiger partial charge in [-0.1, -0.05) is 60.2 Å². The molecule has 154 valence electrons. The van der Waals surface area contributed by atoms with Gasteiger partial charge in [0, 0.05) is 37.2 Å². The maximum atomic E-state index is 12.6. The summed E-state index contributed by atoms with van der Waals surface area (Å²) in [6.07, 6.45) is 1.64. The SMILES string of the molecule is Cc1ccc(-c2ccc(N3CCN(S(=O)(=O)/C=C\c4ccccc4)CC3)nn2)cc1. The van der Waals surface area contributed by atoms with Crippen LogP contribution in [0.2, 0.25) is 0 Å². The van der Waals surface area contributed by atoms with Crippen molar-refractivity contribution in [2.45, 2.75) is 6.92 Å². The van der Waals surface area contributed by atoms with E-state index in [2.05, 4.69) is 34.2 Å². The van der Waals surface area contributed by atoms with Crippen molar-refractivity contribution in [2.75, 3.05) is 31.1 Å². The van der Waals surface area contributed by atoms with Gasteiger partial charge in [0.25, 0.3) is 0 Å². The normalized spacial score (nSPS) is 15.6. The molecule has 30 heavy (non-hydrogen) atoms. The molecule has 2 aromatic carbocycles. The van der Waals surface area contributed by atoms with Gasteiger partial charge in [0.05, 0.1) is 5.69 Å². The Morgan fingerprint density at radius 2 is 1.53 bits per heavy atom.